The van der Waals surface area contributed by atoms with E-state index in [4.69, 9.17) is 4.74 Å². The number of hydrogen-bond donors (Lipinski definition) is 2. The minimum absolute atomic E-state index is 0.121. The monoisotopic (exact) mass is 297 g/mol. The maximum atomic E-state index is 11.8. The third-order valence-corrected chi connectivity index (χ3v) is 3.61. The number of carbonyl (C=O) groups excluding carboxylic acids is 1. The number of nitrogens with zero attached hydrogens (tertiary/aromatic N) is 2. The van der Waals surface area contributed by atoms with Gasteiger partial charge in [-0.15, -0.1) is 0 Å². The summed E-state index contributed by atoms with van der Waals surface area (Å²) in [5.41, 5.74) is -1.93. The van der Waals surface area contributed by atoms with E-state index in [1.165, 1.54) is 19.3 Å². The summed E-state index contributed by atoms with van der Waals surface area (Å²) in [6.07, 6.45) is 2.22. The lowest BCUT2D eigenvalue weighted by molar-refractivity contribution is -0.124. The van der Waals surface area contributed by atoms with Crippen molar-refractivity contribution in [2.75, 3.05) is 19.8 Å². The molecule has 2 rings (SSSR count). The Labute approximate surface area is 121 Å². The van der Waals surface area contributed by atoms with Gasteiger partial charge in [0.1, 0.15) is 6.54 Å². The summed E-state index contributed by atoms with van der Waals surface area (Å²) in [4.78, 5) is 34.9. The highest BCUT2D eigenvalue weighted by Gasteiger charge is 2.30. The minimum atomic E-state index is -0.956. The molecule has 0 atom stereocenters. The number of aromatic nitrogens is 2. The maximum absolute atomic E-state index is 11.8. The van der Waals surface area contributed by atoms with Crippen molar-refractivity contribution < 1.29 is 14.6 Å². The predicted molar refractivity (Wildman–Crippen MR) is 74.0 cm³/mol. The Morgan fingerprint density at radius 3 is 2.76 bits per heavy atom. The molecule has 8 heteroatoms. The van der Waals surface area contributed by atoms with Crippen molar-refractivity contribution in [2.45, 2.75) is 25.0 Å². The van der Waals surface area contributed by atoms with Crippen LogP contribution in [0.2, 0.25) is 0 Å². The summed E-state index contributed by atoms with van der Waals surface area (Å²) in [6, 6.07) is 1.22. The third-order valence-electron chi connectivity index (χ3n) is 3.61. The fraction of sp³-hybridized carbons (Fsp3) is 0.615. The van der Waals surface area contributed by atoms with Crippen molar-refractivity contribution in [2.24, 2.45) is 7.05 Å². The Bertz CT molecular complexity index is 627. The molecular weight excluding hydrogens is 278 g/mol. The van der Waals surface area contributed by atoms with Crippen molar-refractivity contribution >= 4 is 5.91 Å². The van der Waals surface area contributed by atoms with Crippen molar-refractivity contribution in [3.05, 3.63) is 33.1 Å². The van der Waals surface area contributed by atoms with Gasteiger partial charge >= 0.3 is 5.69 Å². The largest absolute Gasteiger partial charge is 0.388 e. The van der Waals surface area contributed by atoms with E-state index in [-0.39, 0.29) is 13.1 Å². The van der Waals surface area contributed by atoms with Gasteiger partial charge in [0, 0.05) is 51.9 Å². The smallest absolute Gasteiger partial charge is 0.331 e. The second-order valence-corrected chi connectivity index (χ2v) is 5.24. The van der Waals surface area contributed by atoms with E-state index in [1.807, 2.05) is 0 Å². The summed E-state index contributed by atoms with van der Waals surface area (Å²) in [6.45, 7) is 0.856. The molecule has 1 aromatic heterocycles. The fourth-order valence-corrected chi connectivity index (χ4v) is 2.14. The molecule has 21 heavy (non-hydrogen) atoms. The van der Waals surface area contributed by atoms with Gasteiger partial charge in [0.25, 0.3) is 5.56 Å². The second-order valence-electron chi connectivity index (χ2n) is 5.24. The lowest BCUT2D eigenvalue weighted by atomic mass is 9.94. The van der Waals surface area contributed by atoms with E-state index in [0.717, 1.165) is 9.13 Å². The SMILES string of the molecule is Cn1c(=O)ccn(CC(=O)NCC2(O)CCOCC2)c1=O. The Morgan fingerprint density at radius 2 is 2.10 bits per heavy atom. The van der Waals surface area contributed by atoms with E-state index in [1.54, 1.807) is 0 Å². The molecule has 1 aromatic rings. The van der Waals surface area contributed by atoms with Crippen LogP contribution in [-0.4, -0.2) is 45.5 Å². The average molecular weight is 297 g/mol. The first-order valence-electron chi connectivity index (χ1n) is 6.75. The second kappa shape index (κ2) is 6.23. The average Bonchev–Trinajstić information content (AvgIpc) is 2.47. The number of aliphatic hydroxyl groups is 1. The standard InChI is InChI=1S/C13H19N3O5/c1-15-11(18)2-5-16(12(15)19)8-10(17)14-9-13(20)3-6-21-7-4-13/h2,5,20H,3-4,6-9H2,1H3,(H,14,17). The van der Waals surface area contributed by atoms with E-state index in [9.17, 15) is 19.5 Å². The summed E-state index contributed by atoms with van der Waals surface area (Å²) < 4.78 is 7.23. The summed E-state index contributed by atoms with van der Waals surface area (Å²) in [7, 11) is 1.35. The molecule has 2 heterocycles. The quantitative estimate of drug-likeness (QED) is 0.683. The fourth-order valence-electron chi connectivity index (χ4n) is 2.14. The molecule has 0 spiro atoms. The molecule has 1 aliphatic heterocycles. The zero-order valence-corrected chi connectivity index (χ0v) is 11.9. The highest BCUT2D eigenvalue weighted by Crippen LogP contribution is 2.19. The molecule has 1 saturated heterocycles. The van der Waals surface area contributed by atoms with Gasteiger partial charge in [-0.3, -0.25) is 18.7 Å². The topological polar surface area (TPSA) is 103 Å². The molecule has 0 aromatic carbocycles. The Hall–Kier alpha value is -1.93. The Kier molecular flexibility index (Phi) is 4.59. The van der Waals surface area contributed by atoms with Crippen molar-refractivity contribution in [3.8, 4) is 0 Å². The zero-order valence-electron chi connectivity index (χ0n) is 11.9. The van der Waals surface area contributed by atoms with Crippen LogP contribution in [0.3, 0.4) is 0 Å². The third kappa shape index (κ3) is 3.79. The van der Waals surface area contributed by atoms with Crippen LogP contribution in [0.4, 0.5) is 0 Å². The molecule has 0 radical (unpaired) electrons. The van der Waals surface area contributed by atoms with Gasteiger partial charge in [0.15, 0.2) is 0 Å². The molecule has 1 fully saturated rings. The molecule has 0 saturated carbocycles. The van der Waals surface area contributed by atoms with Gasteiger partial charge in [-0.25, -0.2) is 4.79 Å². The van der Waals surface area contributed by atoms with Crippen LogP contribution in [0.25, 0.3) is 0 Å². The highest BCUT2D eigenvalue weighted by atomic mass is 16.5. The van der Waals surface area contributed by atoms with Crippen LogP contribution in [0, 0.1) is 0 Å². The Balaban J connectivity index is 1.95. The first kappa shape index (κ1) is 15.5. The summed E-state index contributed by atoms with van der Waals surface area (Å²) in [5.74, 6) is -0.393. The molecular formula is C13H19N3O5. The number of hydrogen-bond acceptors (Lipinski definition) is 5. The number of amides is 1. The van der Waals surface area contributed by atoms with Crippen LogP contribution < -0.4 is 16.6 Å². The van der Waals surface area contributed by atoms with Crippen LogP contribution in [-0.2, 0) is 23.1 Å². The molecule has 0 unspecified atom stereocenters. The molecule has 1 aliphatic rings. The van der Waals surface area contributed by atoms with Crippen LogP contribution in [0.15, 0.2) is 21.9 Å². The van der Waals surface area contributed by atoms with Gasteiger partial charge in [-0.1, -0.05) is 0 Å². The number of carbonyl (C=O) groups is 1. The van der Waals surface area contributed by atoms with Crippen LogP contribution in [0.5, 0.6) is 0 Å². The van der Waals surface area contributed by atoms with Gasteiger partial charge in [-0.2, -0.15) is 0 Å². The van der Waals surface area contributed by atoms with Crippen molar-refractivity contribution in [1.82, 2.24) is 14.5 Å². The molecule has 0 aliphatic carbocycles. The normalized spacial score (nSPS) is 17.4. The van der Waals surface area contributed by atoms with Crippen molar-refractivity contribution in [3.63, 3.8) is 0 Å². The van der Waals surface area contributed by atoms with E-state index in [0.29, 0.717) is 26.1 Å². The first-order valence-corrected chi connectivity index (χ1v) is 6.75. The predicted octanol–water partition coefficient (Wildman–Crippen LogP) is -1.80. The summed E-state index contributed by atoms with van der Waals surface area (Å²) >= 11 is 0. The zero-order chi connectivity index (χ0) is 15.5. The number of ether oxygens (including phenoxy) is 1. The van der Waals surface area contributed by atoms with Gasteiger partial charge in [0.05, 0.1) is 5.60 Å². The van der Waals surface area contributed by atoms with Crippen LogP contribution in [0.1, 0.15) is 12.8 Å². The minimum Gasteiger partial charge on any atom is -0.388 e. The van der Waals surface area contributed by atoms with E-state index < -0.39 is 22.8 Å². The van der Waals surface area contributed by atoms with Crippen LogP contribution >= 0.6 is 0 Å². The molecule has 8 nitrogen and oxygen atoms in total. The molecule has 2 N–H and O–H groups in total. The summed E-state index contributed by atoms with van der Waals surface area (Å²) in [5, 5.41) is 12.8. The van der Waals surface area contributed by atoms with Gasteiger partial charge in [0.2, 0.25) is 5.91 Å². The van der Waals surface area contributed by atoms with Crippen molar-refractivity contribution in [1.29, 1.82) is 0 Å². The first-order chi connectivity index (χ1) is 9.91. The molecule has 116 valence electrons. The molecule has 0 bridgehead atoms. The maximum Gasteiger partial charge on any atom is 0.331 e. The highest BCUT2D eigenvalue weighted by molar-refractivity contribution is 5.75. The molecule has 1 amide bonds. The number of nitrogens with one attached hydrogen (secondary N) is 1. The number of rotatable bonds is 4. The van der Waals surface area contributed by atoms with E-state index in [2.05, 4.69) is 5.32 Å². The lowest BCUT2D eigenvalue weighted by Crippen LogP contribution is -2.48. The Morgan fingerprint density at radius 1 is 1.43 bits per heavy atom. The van der Waals surface area contributed by atoms with Gasteiger partial charge < -0.3 is 15.2 Å². The lowest BCUT2D eigenvalue weighted by Gasteiger charge is -2.32. The van der Waals surface area contributed by atoms with Gasteiger partial charge in [-0.05, 0) is 0 Å². The van der Waals surface area contributed by atoms with E-state index >= 15 is 0 Å².